The average molecular weight is 418 g/mol. The zero-order valence-corrected chi connectivity index (χ0v) is 14.7. The Bertz CT molecular complexity index is 775. The number of aromatic nitrogens is 3. The molecule has 0 spiro atoms. The highest BCUT2D eigenvalue weighted by atomic mass is 35.6. The number of amides is 1. The maximum Gasteiger partial charge on any atom is 0.417 e. The van der Waals surface area contributed by atoms with Crippen molar-refractivity contribution in [2.24, 2.45) is 7.05 Å². The molecule has 2 rings (SSSR count). The maximum atomic E-state index is 12.9. The monoisotopic (exact) mass is 416 g/mol. The lowest BCUT2D eigenvalue weighted by Gasteiger charge is -2.15. The van der Waals surface area contributed by atoms with Crippen molar-refractivity contribution >= 4 is 46.6 Å². The van der Waals surface area contributed by atoms with Crippen molar-refractivity contribution in [3.05, 3.63) is 30.2 Å². The molecule has 1 N–H and O–H groups in total. The molecule has 1 amide bonds. The van der Waals surface area contributed by atoms with Crippen molar-refractivity contribution in [2.45, 2.75) is 9.97 Å². The molecule has 12 heteroatoms. The summed E-state index contributed by atoms with van der Waals surface area (Å²) in [6.07, 6.45) is -2.18. The third-order valence-corrected chi connectivity index (χ3v) is 3.12. The topological polar surface area (TPSA) is 69.0 Å². The summed E-state index contributed by atoms with van der Waals surface area (Å²) in [7, 11) is 1.62. The number of nitrogens with zero attached hydrogens (tertiary/aromatic N) is 3. The first-order valence-corrected chi connectivity index (χ1v) is 7.66. The Labute approximate surface area is 154 Å². The van der Waals surface area contributed by atoms with E-state index in [1.165, 1.54) is 17.1 Å². The van der Waals surface area contributed by atoms with Crippen molar-refractivity contribution in [1.29, 1.82) is 0 Å². The van der Waals surface area contributed by atoms with Gasteiger partial charge in [0.25, 0.3) is 0 Å². The Morgan fingerprint density at radius 3 is 2.52 bits per heavy atom. The summed E-state index contributed by atoms with van der Waals surface area (Å²) in [4.78, 5) is 15.5. The summed E-state index contributed by atoms with van der Waals surface area (Å²) >= 11 is 16.3. The number of pyridine rings is 1. The molecule has 2 aromatic rings. The summed E-state index contributed by atoms with van der Waals surface area (Å²) in [6, 6.07) is 0.728. The molecule has 25 heavy (non-hydrogen) atoms. The zero-order valence-electron chi connectivity index (χ0n) is 12.4. The fraction of sp³-hybridized carbons (Fsp3) is 0.308. The average Bonchev–Trinajstić information content (AvgIpc) is 2.90. The molecule has 0 bridgehead atoms. The molecule has 0 aromatic carbocycles. The van der Waals surface area contributed by atoms with E-state index in [-0.39, 0.29) is 11.4 Å². The molecule has 0 aliphatic heterocycles. The van der Waals surface area contributed by atoms with Crippen LogP contribution >= 0.6 is 34.8 Å². The normalized spacial score (nSPS) is 12.1. The molecule has 2 aromatic heterocycles. The van der Waals surface area contributed by atoms with E-state index in [4.69, 9.17) is 34.8 Å². The third-order valence-electron chi connectivity index (χ3n) is 2.80. The minimum absolute atomic E-state index is 0.0759. The SMILES string of the molecule is Cn1cc(-c2ncc(C(F)(F)F)cc2NC(=O)OCC(Cl)(Cl)Cl)cn1. The molecule has 0 aliphatic carbocycles. The van der Waals surface area contributed by atoms with Crippen LogP contribution in [-0.4, -0.2) is 31.3 Å². The van der Waals surface area contributed by atoms with E-state index in [0.717, 1.165) is 6.07 Å². The number of nitrogens with one attached hydrogen (secondary N) is 1. The van der Waals surface area contributed by atoms with Crippen LogP contribution in [0.15, 0.2) is 24.7 Å². The minimum Gasteiger partial charge on any atom is -0.445 e. The Balaban J connectivity index is 2.33. The van der Waals surface area contributed by atoms with E-state index in [2.05, 4.69) is 20.1 Å². The largest absolute Gasteiger partial charge is 0.445 e. The van der Waals surface area contributed by atoms with Crippen LogP contribution in [0.3, 0.4) is 0 Å². The number of rotatable bonds is 3. The van der Waals surface area contributed by atoms with Gasteiger partial charge in [0.1, 0.15) is 6.61 Å². The van der Waals surface area contributed by atoms with Crippen molar-refractivity contribution in [3.63, 3.8) is 0 Å². The lowest BCUT2D eigenvalue weighted by molar-refractivity contribution is -0.137. The molecule has 0 fully saturated rings. The summed E-state index contributed by atoms with van der Waals surface area (Å²) in [5.41, 5.74) is -0.797. The quantitative estimate of drug-likeness (QED) is 0.751. The van der Waals surface area contributed by atoms with E-state index in [1.807, 2.05) is 0 Å². The second-order valence-corrected chi connectivity index (χ2v) is 7.35. The standard InChI is InChI=1S/C13H10Cl3F3N4O2/c1-23-5-7(3-21-23)10-9(2-8(4-20-10)13(17,18)19)22-11(24)25-6-12(14,15)16/h2-5H,6H2,1H3,(H,22,24). The van der Waals surface area contributed by atoms with Crippen LogP contribution in [-0.2, 0) is 18.0 Å². The van der Waals surface area contributed by atoms with Gasteiger partial charge in [-0.2, -0.15) is 18.3 Å². The molecule has 0 radical (unpaired) electrons. The minimum atomic E-state index is -4.64. The fourth-order valence-corrected chi connectivity index (χ4v) is 1.95. The number of anilines is 1. The number of halogens is 6. The first kappa shape index (κ1) is 19.6. The molecular weight excluding hydrogens is 408 g/mol. The van der Waals surface area contributed by atoms with Crippen LogP contribution in [0, 0.1) is 0 Å². The van der Waals surface area contributed by atoms with Crippen molar-refractivity contribution in [3.8, 4) is 11.3 Å². The van der Waals surface area contributed by atoms with Gasteiger partial charge in [0.15, 0.2) is 0 Å². The highest BCUT2D eigenvalue weighted by Crippen LogP contribution is 2.34. The first-order chi connectivity index (χ1) is 11.5. The summed E-state index contributed by atoms with van der Waals surface area (Å²) in [5, 5.41) is 6.08. The number of hydrogen-bond donors (Lipinski definition) is 1. The van der Waals surface area contributed by atoms with Gasteiger partial charge < -0.3 is 4.74 Å². The smallest absolute Gasteiger partial charge is 0.417 e. The number of alkyl halides is 6. The second-order valence-electron chi connectivity index (χ2n) is 4.84. The number of hydrogen-bond acceptors (Lipinski definition) is 4. The van der Waals surface area contributed by atoms with Crippen LogP contribution in [0.1, 0.15) is 5.56 Å². The van der Waals surface area contributed by atoms with Gasteiger partial charge in [-0.15, -0.1) is 0 Å². The van der Waals surface area contributed by atoms with E-state index in [9.17, 15) is 18.0 Å². The number of carbonyl (C=O) groups excluding carboxylic acids is 1. The predicted octanol–water partition coefficient (Wildman–Crippen LogP) is 4.42. The van der Waals surface area contributed by atoms with E-state index in [1.54, 1.807) is 7.05 Å². The highest BCUT2D eigenvalue weighted by molar-refractivity contribution is 6.67. The van der Waals surface area contributed by atoms with Gasteiger partial charge in [0.2, 0.25) is 3.79 Å². The summed E-state index contributed by atoms with van der Waals surface area (Å²) in [6.45, 7) is -0.585. The lowest BCUT2D eigenvalue weighted by atomic mass is 10.1. The number of aryl methyl sites for hydroxylation is 1. The first-order valence-electron chi connectivity index (χ1n) is 6.52. The molecule has 136 valence electrons. The lowest BCUT2D eigenvalue weighted by Crippen LogP contribution is -2.22. The Kier molecular flexibility index (Phi) is 5.70. The highest BCUT2D eigenvalue weighted by Gasteiger charge is 2.32. The van der Waals surface area contributed by atoms with Crippen LogP contribution in [0.4, 0.5) is 23.7 Å². The summed E-state index contributed by atoms with van der Waals surface area (Å²) < 4.78 is 42.9. The molecule has 6 nitrogen and oxygen atoms in total. The van der Waals surface area contributed by atoms with Gasteiger partial charge in [-0.3, -0.25) is 15.0 Å². The molecule has 0 saturated heterocycles. The maximum absolute atomic E-state index is 12.9. The Morgan fingerprint density at radius 1 is 1.32 bits per heavy atom. The molecular formula is C13H10Cl3F3N4O2. The van der Waals surface area contributed by atoms with E-state index < -0.39 is 28.2 Å². The Morgan fingerprint density at radius 2 is 2.00 bits per heavy atom. The van der Waals surface area contributed by atoms with Crippen LogP contribution in [0.5, 0.6) is 0 Å². The molecule has 2 heterocycles. The van der Waals surface area contributed by atoms with Crippen LogP contribution in [0.2, 0.25) is 0 Å². The molecule has 0 atom stereocenters. The number of carbonyl (C=O) groups is 1. The van der Waals surface area contributed by atoms with Crippen molar-refractivity contribution < 1.29 is 22.7 Å². The Hall–Kier alpha value is -1.71. The van der Waals surface area contributed by atoms with Crippen molar-refractivity contribution in [1.82, 2.24) is 14.8 Å². The van der Waals surface area contributed by atoms with Gasteiger partial charge >= 0.3 is 12.3 Å². The molecule has 0 saturated carbocycles. The molecule has 0 unspecified atom stereocenters. The van der Waals surface area contributed by atoms with E-state index in [0.29, 0.717) is 11.8 Å². The van der Waals surface area contributed by atoms with Gasteiger partial charge in [0.05, 0.1) is 23.1 Å². The molecule has 0 aliphatic rings. The van der Waals surface area contributed by atoms with Crippen LogP contribution in [0.25, 0.3) is 11.3 Å². The van der Waals surface area contributed by atoms with Gasteiger partial charge in [0, 0.05) is 25.0 Å². The zero-order chi connectivity index (χ0) is 18.8. The van der Waals surface area contributed by atoms with Gasteiger partial charge in [-0.05, 0) is 6.07 Å². The fourth-order valence-electron chi connectivity index (χ4n) is 1.78. The third kappa shape index (κ3) is 5.65. The van der Waals surface area contributed by atoms with Gasteiger partial charge in [-0.1, -0.05) is 34.8 Å². The predicted molar refractivity (Wildman–Crippen MR) is 86.7 cm³/mol. The second kappa shape index (κ2) is 7.27. The van der Waals surface area contributed by atoms with Crippen molar-refractivity contribution in [2.75, 3.05) is 11.9 Å². The number of ether oxygens (including phenoxy) is 1. The van der Waals surface area contributed by atoms with Crippen LogP contribution < -0.4 is 5.32 Å². The summed E-state index contributed by atoms with van der Waals surface area (Å²) in [5.74, 6) is 0. The van der Waals surface area contributed by atoms with E-state index >= 15 is 0 Å². The van der Waals surface area contributed by atoms with Gasteiger partial charge in [-0.25, -0.2) is 4.79 Å².